The summed E-state index contributed by atoms with van der Waals surface area (Å²) >= 11 is 0. The van der Waals surface area contributed by atoms with E-state index in [1.807, 2.05) is 37.3 Å². The Hall–Kier alpha value is -1.16. The third kappa shape index (κ3) is 2.98. The molecule has 1 unspecified atom stereocenters. The molecule has 0 saturated heterocycles. The van der Waals surface area contributed by atoms with Crippen LogP contribution in [0.1, 0.15) is 51.7 Å². The van der Waals surface area contributed by atoms with Gasteiger partial charge >= 0.3 is 0 Å². The molecule has 0 aliphatic heterocycles. The van der Waals surface area contributed by atoms with Gasteiger partial charge in [-0.1, -0.05) is 50.6 Å². The zero-order valence-electron chi connectivity index (χ0n) is 14.6. The van der Waals surface area contributed by atoms with Crippen LogP contribution in [0.15, 0.2) is 35.9 Å². The van der Waals surface area contributed by atoms with Gasteiger partial charge in [-0.15, -0.1) is 0 Å². The summed E-state index contributed by atoms with van der Waals surface area (Å²) in [5.41, 5.74) is 2.14. The van der Waals surface area contributed by atoms with Crippen molar-refractivity contribution < 1.29 is 14.6 Å². The first-order valence-electron chi connectivity index (χ1n) is 7.81. The Balaban J connectivity index is 2.53. The van der Waals surface area contributed by atoms with Crippen molar-refractivity contribution in [2.45, 2.75) is 51.9 Å². The average molecular weight is 304 g/mol. The van der Waals surface area contributed by atoms with E-state index in [4.69, 9.17) is 9.47 Å². The Kier molecular flexibility index (Phi) is 4.54. The van der Waals surface area contributed by atoms with E-state index < -0.39 is 11.4 Å². The van der Waals surface area contributed by atoms with Crippen LogP contribution in [0, 0.1) is 5.41 Å². The van der Waals surface area contributed by atoms with Gasteiger partial charge in [0.25, 0.3) is 0 Å². The number of benzene rings is 1. The maximum atomic E-state index is 11.2. The van der Waals surface area contributed by atoms with E-state index >= 15 is 0 Å². The van der Waals surface area contributed by atoms with Gasteiger partial charge in [0, 0.05) is 19.8 Å². The minimum atomic E-state index is -0.961. The SMILES string of the molecule is COC(C)(OC)c1ccccc1C1(O)C=C(C(C)(C)C)CC1. The summed E-state index contributed by atoms with van der Waals surface area (Å²) in [7, 11) is 3.24. The van der Waals surface area contributed by atoms with Gasteiger partial charge in [0.1, 0.15) is 5.60 Å². The lowest BCUT2D eigenvalue weighted by Crippen LogP contribution is -2.32. The summed E-state index contributed by atoms with van der Waals surface area (Å²) in [6.07, 6.45) is 3.63. The molecule has 1 aromatic carbocycles. The van der Waals surface area contributed by atoms with Crippen molar-refractivity contribution in [2.24, 2.45) is 5.41 Å². The van der Waals surface area contributed by atoms with Gasteiger partial charge < -0.3 is 14.6 Å². The molecule has 0 aromatic heterocycles. The van der Waals surface area contributed by atoms with Crippen LogP contribution in [0.5, 0.6) is 0 Å². The Bertz CT molecular complexity index is 564. The van der Waals surface area contributed by atoms with Crippen molar-refractivity contribution in [1.29, 1.82) is 0 Å². The molecule has 0 saturated carbocycles. The molecule has 1 N–H and O–H groups in total. The molecule has 3 heteroatoms. The van der Waals surface area contributed by atoms with E-state index in [0.717, 1.165) is 17.5 Å². The topological polar surface area (TPSA) is 38.7 Å². The van der Waals surface area contributed by atoms with E-state index in [-0.39, 0.29) is 5.41 Å². The van der Waals surface area contributed by atoms with Crippen molar-refractivity contribution in [3.8, 4) is 0 Å². The fraction of sp³-hybridized carbons (Fsp3) is 0.579. The summed E-state index contributed by atoms with van der Waals surface area (Å²) < 4.78 is 11.1. The van der Waals surface area contributed by atoms with E-state index in [1.165, 1.54) is 5.57 Å². The minimum absolute atomic E-state index is 0.0746. The molecule has 0 bridgehead atoms. The number of ether oxygens (including phenoxy) is 2. The standard InChI is InChI=1S/C19H28O3/c1-17(2,3)14-11-12-19(20,13-14)16-10-8-7-9-15(16)18(4,21-5)22-6/h7-10,13,20H,11-12H2,1-6H3. The number of methoxy groups -OCH3 is 2. The number of hydrogen-bond acceptors (Lipinski definition) is 3. The summed E-state index contributed by atoms with van der Waals surface area (Å²) in [5, 5.41) is 11.2. The van der Waals surface area contributed by atoms with Gasteiger partial charge in [-0.25, -0.2) is 0 Å². The molecule has 0 amide bonds. The second-order valence-corrected chi connectivity index (χ2v) is 7.24. The smallest absolute Gasteiger partial charge is 0.191 e. The number of hydrogen-bond donors (Lipinski definition) is 1. The normalized spacial score (nSPS) is 22.8. The Morgan fingerprint density at radius 1 is 1.05 bits per heavy atom. The van der Waals surface area contributed by atoms with Crippen molar-refractivity contribution in [3.63, 3.8) is 0 Å². The third-order valence-corrected chi connectivity index (χ3v) is 4.81. The summed E-state index contributed by atoms with van der Waals surface area (Å²) in [6, 6.07) is 7.82. The van der Waals surface area contributed by atoms with Crippen molar-refractivity contribution in [3.05, 3.63) is 47.0 Å². The number of rotatable bonds is 4. The molecule has 3 nitrogen and oxygen atoms in total. The van der Waals surface area contributed by atoms with Gasteiger partial charge in [0.15, 0.2) is 5.79 Å². The van der Waals surface area contributed by atoms with Crippen LogP contribution in [0.25, 0.3) is 0 Å². The molecule has 1 aliphatic carbocycles. The first-order valence-corrected chi connectivity index (χ1v) is 7.81. The first-order chi connectivity index (χ1) is 10.2. The van der Waals surface area contributed by atoms with Crippen LogP contribution in [0.4, 0.5) is 0 Å². The third-order valence-electron chi connectivity index (χ3n) is 4.81. The van der Waals surface area contributed by atoms with Crippen LogP contribution in [0.3, 0.4) is 0 Å². The highest BCUT2D eigenvalue weighted by Gasteiger charge is 2.40. The Labute approximate surface area is 134 Å². The molecule has 1 aliphatic rings. The predicted molar refractivity (Wildman–Crippen MR) is 88.5 cm³/mol. The van der Waals surface area contributed by atoms with Gasteiger partial charge in [-0.05, 0) is 36.8 Å². The van der Waals surface area contributed by atoms with Gasteiger partial charge in [0.2, 0.25) is 0 Å². The molecule has 122 valence electrons. The zero-order chi connectivity index (χ0) is 16.6. The van der Waals surface area contributed by atoms with E-state index in [9.17, 15) is 5.11 Å². The maximum Gasteiger partial charge on any atom is 0.191 e. The Morgan fingerprint density at radius 2 is 1.64 bits per heavy atom. The summed E-state index contributed by atoms with van der Waals surface area (Å²) in [6.45, 7) is 8.43. The highest BCUT2D eigenvalue weighted by Crippen LogP contribution is 2.46. The van der Waals surface area contributed by atoms with Crippen LogP contribution < -0.4 is 0 Å². The molecule has 0 fully saturated rings. The molecule has 0 heterocycles. The van der Waals surface area contributed by atoms with Gasteiger partial charge in [0.05, 0.1) is 0 Å². The van der Waals surface area contributed by atoms with E-state index in [2.05, 4.69) is 20.8 Å². The Morgan fingerprint density at radius 3 is 2.14 bits per heavy atom. The van der Waals surface area contributed by atoms with E-state index in [0.29, 0.717) is 6.42 Å². The molecule has 1 aromatic rings. The van der Waals surface area contributed by atoms with Crippen LogP contribution >= 0.6 is 0 Å². The highest BCUT2D eigenvalue weighted by molar-refractivity contribution is 5.41. The monoisotopic (exact) mass is 304 g/mol. The van der Waals surface area contributed by atoms with Gasteiger partial charge in [-0.3, -0.25) is 0 Å². The fourth-order valence-corrected chi connectivity index (χ4v) is 3.12. The second-order valence-electron chi connectivity index (χ2n) is 7.24. The zero-order valence-corrected chi connectivity index (χ0v) is 14.6. The molecule has 1 atom stereocenters. The second kappa shape index (κ2) is 5.80. The van der Waals surface area contributed by atoms with E-state index in [1.54, 1.807) is 14.2 Å². The predicted octanol–water partition coefficient (Wildman–Crippen LogP) is 4.11. The van der Waals surface area contributed by atoms with Crippen LogP contribution in [-0.4, -0.2) is 19.3 Å². The molecular formula is C19H28O3. The lowest BCUT2D eigenvalue weighted by molar-refractivity contribution is -0.203. The van der Waals surface area contributed by atoms with Crippen LogP contribution in [0.2, 0.25) is 0 Å². The molecule has 22 heavy (non-hydrogen) atoms. The van der Waals surface area contributed by atoms with Crippen LogP contribution in [-0.2, 0) is 20.9 Å². The molecule has 2 rings (SSSR count). The summed E-state index contributed by atoms with van der Waals surface area (Å²) in [5.74, 6) is -0.870. The highest BCUT2D eigenvalue weighted by atomic mass is 16.7. The largest absolute Gasteiger partial charge is 0.381 e. The van der Waals surface area contributed by atoms with Gasteiger partial charge in [-0.2, -0.15) is 0 Å². The first kappa shape index (κ1) is 17.2. The lowest BCUT2D eigenvalue weighted by atomic mass is 9.85. The molecular weight excluding hydrogens is 276 g/mol. The fourth-order valence-electron chi connectivity index (χ4n) is 3.12. The van der Waals surface area contributed by atoms with Crippen molar-refractivity contribution in [2.75, 3.05) is 14.2 Å². The maximum absolute atomic E-state index is 11.2. The average Bonchev–Trinajstić information content (AvgIpc) is 2.90. The van der Waals surface area contributed by atoms with Crippen molar-refractivity contribution in [1.82, 2.24) is 0 Å². The lowest BCUT2D eigenvalue weighted by Gasteiger charge is -2.33. The van der Waals surface area contributed by atoms with Crippen molar-refractivity contribution >= 4 is 0 Å². The minimum Gasteiger partial charge on any atom is -0.381 e. The summed E-state index contributed by atoms with van der Waals surface area (Å²) in [4.78, 5) is 0. The molecule has 0 spiro atoms. The number of allylic oxidation sites excluding steroid dienone is 1. The number of aliphatic hydroxyl groups is 1. The quantitative estimate of drug-likeness (QED) is 0.672. The molecule has 0 radical (unpaired) electrons.